The SMILES string of the molecule is CNCC1=CC=C(c2[nH]c3cc2CCNC(=O)/C(C)=C/C(F)=C3)CC=C1. The van der Waals surface area contributed by atoms with Crippen LogP contribution in [0.3, 0.4) is 0 Å². The lowest BCUT2D eigenvalue weighted by molar-refractivity contribution is -0.117. The topological polar surface area (TPSA) is 56.9 Å². The van der Waals surface area contributed by atoms with E-state index in [9.17, 15) is 9.18 Å². The van der Waals surface area contributed by atoms with Gasteiger partial charge in [-0.25, -0.2) is 4.39 Å². The molecule has 2 heterocycles. The number of rotatable bonds is 3. The van der Waals surface area contributed by atoms with Gasteiger partial charge in [0.1, 0.15) is 5.83 Å². The van der Waals surface area contributed by atoms with Crippen LogP contribution in [0.4, 0.5) is 4.39 Å². The van der Waals surface area contributed by atoms with Crippen LogP contribution < -0.4 is 10.6 Å². The first-order valence-corrected chi connectivity index (χ1v) is 8.83. The van der Waals surface area contributed by atoms with Crippen molar-refractivity contribution < 1.29 is 9.18 Å². The Morgan fingerprint density at radius 2 is 2.12 bits per heavy atom. The number of hydrogen-bond acceptors (Lipinski definition) is 2. The molecular weight excluding hydrogens is 329 g/mol. The number of likely N-dealkylation sites (N-methyl/N-ethyl adjacent to an activating group) is 1. The number of nitrogens with one attached hydrogen (secondary N) is 3. The van der Waals surface area contributed by atoms with E-state index in [2.05, 4.69) is 39.9 Å². The quantitative estimate of drug-likeness (QED) is 0.780. The predicted molar refractivity (Wildman–Crippen MR) is 104 cm³/mol. The summed E-state index contributed by atoms with van der Waals surface area (Å²) in [5, 5.41) is 6.00. The van der Waals surface area contributed by atoms with Gasteiger partial charge in [-0.15, -0.1) is 0 Å². The van der Waals surface area contributed by atoms with E-state index in [1.165, 1.54) is 17.7 Å². The molecular formula is C21H24FN3O. The maximum atomic E-state index is 14.2. The Kier molecular flexibility index (Phi) is 5.68. The second-order valence-electron chi connectivity index (χ2n) is 6.56. The molecule has 1 aromatic rings. The number of amides is 1. The van der Waals surface area contributed by atoms with Crippen LogP contribution in [0.2, 0.25) is 0 Å². The van der Waals surface area contributed by atoms with E-state index in [-0.39, 0.29) is 5.91 Å². The standard InChI is InChI=1S/C21H24FN3O/c1-14-10-18(22)12-19-11-17(8-9-24-21(14)26)20(25-19)16-5-3-4-15(6-7-16)13-23-2/h3-4,6-7,10-12,23,25H,5,8-9,13H2,1-2H3,(H,24,26)/b14-10+,18-12?. The van der Waals surface area contributed by atoms with Gasteiger partial charge in [-0.05, 0) is 61.7 Å². The number of halogens is 1. The molecule has 0 spiro atoms. The minimum Gasteiger partial charge on any atom is -0.355 e. The highest BCUT2D eigenvalue weighted by atomic mass is 19.1. The largest absolute Gasteiger partial charge is 0.355 e. The van der Waals surface area contributed by atoms with Gasteiger partial charge < -0.3 is 15.6 Å². The van der Waals surface area contributed by atoms with E-state index < -0.39 is 5.83 Å². The van der Waals surface area contributed by atoms with Gasteiger partial charge in [0, 0.05) is 30.1 Å². The first-order chi connectivity index (χ1) is 12.6. The Morgan fingerprint density at radius 3 is 2.92 bits per heavy atom. The zero-order valence-corrected chi connectivity index (χ0v) is 15.2. The zero-order chi connectivity index (χ0) is 18.5. The Bertz CT molecular complexity index is 853. The molecule has 0 unspecified atom stereocenters. The van der Waals surface area contributed by atoms with Gasteiger partial charge in [-0.1, -0.05) is 24.3 Å². The molecule has 1 aromatic heterocycles. The van der Waals surface area contributed by atoms with Gasteiger partial charge in [0.2, 0.25) is 5.91 Å². The minimum atomic E-state index is -0.440. The van der Waals surface area contributed by atoms with E-state index in [4.69, 9.17) is 0 Å². The summed E-state index contributed by atoms with van der Waals surface area (Å²) in [5.74, 6) is -0.674. The molecule has 1 amide bonds. The summed E-state index contributed by atoms with van der Waals surface area (Å²) in [7, 11) is 1.93. The van der Waals surface area contributed by atoms with Crippen molar-refractivity contribution in [2.24, 2.45) is 0 Å². The van der Waals surface area contributed by atoms with Crippen molar-refractivity contribution in [1.29, 1.82) is 0 Å². The molecule has 1 aliphatic heterocycles. The summed E-state index contributed by atoms with van der Waals surface area (Å²) in [6.07, 6.45) is 12.7. The average Bonchev–Trinajstić information content (AvgIpc) is 2.83. The van der Waals surface area contributed by atoms with Crippen LogP contribution in [0.1, 0.15) is 30.3 Å². The third-order valence-corrected chi connectivity index (χ3v) is 4.48. The maximum Gasteiger partial charge on any atom is 0.247 e. The molecule has 0 aromatic carbocycles. The Hall–Kier alpha value is -2.66. The monoisotopic (exact) mass is 353 g/mol. The summed E-state index contributed by atoms with van der Waals surface area (Å²) in [5.41, 5.74) is 5.52. The van der Waals surface area contributed by atoms with Crippen molar-refractivity contribution >= 4 is 17.6 Å². The molecule has 2 aliphatic rings. The average molecular weight is 353 g/mol. The summed E-state index contributed by atoms with van der Waals surface area (Å²) < 4.78 is 14.2. The molecule has 0 saturated carbocycles. The molecule has 0 fully saturated rings. The second-order valence-corrected chi connectivity index (χ2v) is 6.56. The van der Waals surface area contributed by atoms with Crippen LogP contribution in [0.15, 0.2) is 53.4 Å². The van der Waals surface area contributed by atoms with Gasteiger partial charge in [0.25, 0.3) is 0 Å². The van der Waals surface area contributed by atoms with E-state index in [0.29, 0.717) is 24.2 Å². The number of carbonyl (C=O) groups is 1. The van der Waals surface area contributed by atoms with Crippen LogP contribution in [0, 0.1) is 0 Å². The van der Waals surface area contributed by atoms with Crippen molar-refractivity contribution in [3.63, 3.8) is 0 Å². The lowest BCUT2D eigenvalue weighted by Gasteiger charge is -2.08. The normalized spacial score (nSPS) is 20.0. The van der Waals surface area contributed by atoms with Crippen molar-refractivity contribution in [2.45, 2.75) is 19.8 Å². The second kappa shape index (κ2) is 8.15. The Balaban J connectivity index is 1.97. The third kappa shape index (κ3) is 4.29. The molecule has 3 rings (SSSR count). The summed E-state index contributed by atoms with van der Waals surface area (Å²) in [6.45, 7) is 2.94. The number of carbonyl (C=O) groups excluding carboxylic acids is 1. The van der Waals surface area contributed by atoms with Crippen molar-refractivity contribution in [2.75, 3.05) is 20.1 Å². The molecule has 4 nitrogen and oxygen atoms in total. The smallest absolute Gasteiger partial charge is 0.247 e. The van der Waals surface area contributed by atoms with Crippen LogP contribution >= 0.6 is 0 Å². The third-order valence-electron chi connectivity index (χ3n) is 4.48. The van der Waals surface area contributed by atoms with Gasteiger partial charge in [0.05, 0.1) is 0 Å². The van der Waals surface area contributed by atoms with Crippen LogP contribution in [0.5, 0.6) is 0 Å². The van der Waals surface area contributed by atoms with Gasteiger partial charge in [-0.3, -0.25) is 4.79 Å². The fourth-order valence-electron chi connectivity index (χ4n) is 3.17. The first-order valence-electron chi connectivity index (χ1n) is 8.83. The molecule has 0 saturated heterocycles. The fraction of sp³-hybridized carbons (Fsp3) is 0.286. The molecule has 3 N–H and O–H groups in total. The molecule has 136 valence electrons. The lowest BCUT2D eigenvalue weighted by atomic mass is 10.0. The number of H-pyrrole nitrogens is 1. The zero-order valence-electron chi connectivity index (χ0n) is 15.2. The first kappa shape index (κ1) is 18.1. The van der Waals surface area contributed by atoms with Gasteiger partial charge in [0.15, 0.2) is 0 Å². The Labute approximate surface area is 153 Å². The summed E-state index contributed by atoms with van der Waals surface area (Å²) >= 11 is 0. The van der Waals surface area contributed by atoms with Crippen molar-refractivity contribution in [3.8, 4) is 0 Å². The van der Waals surface area contributed by atoms with Gasteiger partial charge >= 0.3 is 0 Å². The molecule has 5 heteroatoms. The van der Waals surface area contributed by atoms with Crippen LogP contribution in [0.25, 0.3) is 11.6 Å². The number of allylic oxidation sites excluding steroid dienone is 6. The van der Waals surface area contributed by atoms with E-state index in [1.54, 1.807) is 6.92 Å². The number of fused-ring (bicyclic) bond motifs is 2. The van der Waals surface area contributed by atoms with E-state index in [1.807, 2.05) is 13.1 Å². The highest BCUT2D eigenvalue weighted by molar-refractivity contribution is 5.93. The summed E-state index contributed by atoms with van der Waals surface area (Å²) in [4.78, 5) is 15.3. The van der Waals surface area contributed by atoms with Crippen LogP contribution in [-0.2, 0) is 11.2 Å². The molecule has 0 radical (unpaired) electrons. The summed E-state index contributed by atoms with van der Waals surface area (Å²) in [6, 6.07) is 1.96. The molecule has 26 heavy (non-hydrogen) atoms. The predicted octanol–water partition coefficient (Wildman–Crippen LogP) is 3.43. The van der Waals surface area contributed by atoms with Crippen LogP contribution in [-0.4, -0.2) is 31.0 Å². The van der Waals surface area contributed by atoms with E-state index in [0.717, 1.165) is 29.8 Å². The number of aromatic amines is 1. The number of aromatic nitrogens is 1. The van der Waals surface area contributed by atoms with Crippen molar-refractivity contribution in [3.05, 3.63) is 70.4 Å². The highest BCUT2D eigenvalue weighted by Gasteiger charge is 2.14. The Morgan fingerprint density at radius 1 is 1.27 bits per heavy atom. The minimum absolute atomic E-state index is 0.234. The van der Waals surface area contributed by atoms with Crippen molar-refractivity contribution in [1.82, 2.24) is 15.6 Å². The molecule has 1 aliphatic carbocycles. The maximum absolute atomic E-state index is 14.2. The molecule has 2 bridgehead atoms. The highest BCUT2D eigenvalue weighted by Crippen LogP contribution is 2.27. The lowest BCUT2D eigenvalue weighted by Crippen LogP contribution is -2.26. The number of hydrogen-bond donors (Lipinski definition) is 3. The molecule has 0 atom stereocenters. The van der Waals surface area contributed by atoms with E-state index >= 15 is 0 Å². The fourth-order valence-corrected chi connectivity index (χ4v) is 3.17. The van der Waals surface area contributed by atoms with Gasteiger partial charge in [-0.2, -0.15) is 0 Å².